The van der Waals surface area contributed by atoms with Crippen molar-refractivity contribution in [2.45, 2.75) is 26.2 Å². The van der Waals surface area contributed by atoms with Crippen molar-refractivity contribution in [1.29, 1.82) is 0 Å². The number of benzene rings is 2. The standard InChI is InChI=1S/C23H23N3OS/c1-3-21-26-15(2)22(28-21)23(27)25-13-18(16-9-5-4-6-10-16)19-14-24-20-12-8-7-11-17(19)20/h4-12,14,18,24H,3,13H2,1-2H3,(H,25,27). The van der Waals surface area contributed by atoms with E-state index in [1.165, 1.54) is 27.8 Å². The first-order valence-electron chi connectivity index (χ1n) is 9.52. The zero-order valence-electron chi connectivity index (χ0n) is 16.0. The van der Waals surface area contributed by atoms with Crippen LogP contribution >= 0.6 is 11.3 Å². The van der Waals surface area contributed by atoms with Crippen LogP contribution in [0.1, 0.15) is 44.3 Å². The fourth-order valence-electron chi connectivity index (χ4n) is 3.56. The molecule has 0 bridgehead atoms. The van der Waals surface area contributed by atoms with Crippen molar-refractivity contribution in [1.82, 2.24) is 15.3 Å². The number of aromatic amines is 1. The van der Waals surface area contributed by atoms with E-state index in [0.29, 0.717) is 11.4 Å². The lowest BCUT2D eigenvalue weighted by Crippen LogP contribution is -2.28. The van der Waals surface area contributed by atoms with Crippen molar-refractivity contribution < 1.29 is 4.79 Å². The molecule has 2 aromatic carbocycles. The molecule has 4 nitrogen and oxygen atoms in total. The maximum absolute atomic E-state index is 12.8. The molecule has 0 aliphatic rings. The van der Waals surface area contributed by atoms with Crippen LogP contribution in [0.5, 0.6) is 0 Å². The lowest BCUT2D eigenvalue weighted by molar-refractivity contribution is 0.0955. The van der Waals surface area contributed by atoms with Crippen molar-refractivity contribution >= 4 is 28.1 Å². The Morgan fingerprint density at radius 2 is 1.89 bits per heavy atom. The van der Waals surface area contributed by atoms with Gasteiger partial charge in [-0.2, -0.15) is 0 Å². The third kappa shape index (κ3) is 3.58. The quantitative estimate of drug-likeness (QED) is 0.484. The number of amides is 1. The zero-order chi connectivity index (χ0) is 19.5. The number of aryl methyl sites for hydroxylation is 2. The Hall–Kier alpha value is -2.92. The highest BCUT2D eigenvalue weighted by atomic mass is 32.1. The van der Waals surface area contributed by atoms with Crippen LogP contribution in [0.3, 0.4) is 0 Å². The Kier molecular flexibility index (Phi) is 5.26. The molecule has 1 atom stereocenters. The van der Waals surface area contributed by atoms with Crippen molar-refractivity contribution in [3.05, 3.63) is 87.5 Å². The van der Waals surface area contributed by atoms with Crippen LogP contribution in [-0.2, 0) is 6.42 Å². The molecule has 0 aliphatic heterocycles. The molecule has 1 amide bonds. The molecule has 1 unspecified atom stereocenters. The highest BCUT2D eigenvalue weighted by Crippen LogP contribution is 2.30. The summed E-state index contributed by atoms with van der Waals surface area (Å²) < 4.78 is 0. The number of hydrogen-bond donors (Lipinski definition) is 2. The first-order valence-corrected chi connectivity index (χ1v) is 10.3. The second-order valence-corrected chi connectivity index (χ2v) is 7.92. The van der Waals surface area contributed by atoms with Gasteiger partial charge in [0.15, 0.2) is 0 Å². The van der Waals surface area contributed by atoms with Crippen molar-refractivity contribution in [3.63, 3.8) is 0 Å². The van der Waals surface area contributed by atoms with Gasteiger partial charge in [-0.1, -0.05) is 55.5 Å². The summed E-state index contributed by atoms with van der Waals surface area (Å²) in [5, 5.41) is 5.33. The summed E-state index contributed by atoms with van der Waals surface area (Å²) in [6.45, 7) is 4.49. The molecule has 142 valence electrons. The number of thiazole rings is 1. The maximum atomic E-state index is 12.8. The van der Waals surface area contributed by atoms with Gasteiger partial charge in [0.05, 0.1) is 10.7 Å². The number of H-pyrrole nitrogens is 1. The van der Waals surface area contributed by atoms with Crippen molar-refractivity contribution in [3.8, 4) is 0 Å². The summed E-state index contributed by atoms with van der Waals surface area (Å²) in [6.07, 6.45) is 2.91. The molecule has 0 saturated heterocycles. The summed E-state index contributed by atoms with van der Waals surface area (Å²) in [5.74, 6) is 0.0237. The minimum atomic E-state index is -0.0459. The number of para-hydroxylation sites is 1. The van der Waals surface area contributed by atoms with E-state index in [4.69, 9.17) is 0 Å². The topological polar surface area (TPSA) is 57.8 Å². The van der Waals surface area contributed by atoms with Crippen LogP contribution in [0.2, 0.25) is 0 Å². The predicted molar refractivity (Wildman–Crippen MR) is 115 cm³/mol. The molecule has 0 aliphatic carbocycles. The summed E-state index contributed by atoms with van der Waals surface area (Å²) in [5.41, 5.74) is 4.29. The normalized spacial score (nSPS) is 12.2. The average Bonchev–Trinajstić information content (AvgIpc) is 3.32. The molecule has 4 aromatic rings. The summed E-state index contributed by atoms with van der Waals surface area (Å²) in [7, 11) is 0. The highest BCUT2D eigenvalue weighted by molar-refractivity contribution is 7.13. The molecule has 2 aromatic heterocycles. The molecule has 0 fully saturated rings. The summed E-state index contributed by atoms with van der Waals surface area (Å²) in [6, 6.07) is 18.6. The number of carbonyl (C=O) groups is 1. The van der Waals surface area contributed by atoms with Gasteiger partial charge in [-0.3, -0.25) is 4.79 Å². The fraction of sp³-hybridized carbons (Fsp3) is 0.217. The van der Waals surface area contributed by atoms with Gasteiger partial charge in [0.1, 0.15) is 4.88 Å². The second kappa shape index (κ2) is 7.98. The molecule has 2 N–H and O–H groups in total. The SMILES string of the molecule is CCc1nc(C)c(C(=O)NCC(c2ccccc2)c2c[nH]c3ccccc23)s1. The molecule has 0 saturated carbocycles. The molecule has 0 spiro atoms. The molecular weight excluding hydrogens is 366 g/mol. The average molecular weight is 390 g/mol. The minimum Gasteiger partial charge on any atom is -0.361 e. The van der Waals surface area contributed by atoms with E-state index < -0.39 is 0 Å². The van der Waals surface area contributed by atoms with E-state index in [1.807, 2.05) is 37.3 Å². The van der Waals surface area contributed by atoms with E-state index in [1.54, 1.807) is 0 Å². The Morgan fingerprint density at radius 3 is 2.64 bits per heavy atom. The third-order valence-corrected chi connectivity index (χ3v) is 6.32. The predicted octanol–water partition coefficient (Wildman–Crippen LogP) is 5.06. The molecule has 0 radical (unpaired) electrons. The minimum absolute atomic E-state index is 0.0459. The van der Waals surface area contributed by atoms with Gasteiger partial charge in [0, 0.05) is 29.6 Å². The highest BCUT2D eigenvalue weighted by Gasteiger charge is 2.21. The van der Waals surface area contributed by atoms with Gasteiger partial charge in [-0.15, -0.1) is 11.3 Å². The van der Waals surface area contributed by atoms with Gasteiger partial charge in [-0.05, 0) is 30.5 Å². The van der Waals surface area contributed by atoms with Crippen LogP contribution in [-0.4, -0.2) is 22.4 Å². The lowest BCUT2D eigenvalue weighted by Gasteiger charge is -2.18. The molecule has 2 heterocycles. The first kappa shape index (κ1) is 18.4. The molecule has 4 rings (SSSR count). The lowest BCUT2D eigenvalue weighted by atomic mass is 9.91. The number of aromatic nitrogens is 2. The molecule has 5 heteroatoms. The Labute approximate surface area is 168 Å². The number of fused-ring (bicyclic) bond motifs is 1. The van der Waals surface area contributed by atoms with E-state index in [0.717, 1.165) is 22.6 Å². The van der Waals surface area contributed by atoms with Gasteiger partial charge >= 0.3 is 0 Å². The van der Waals surface area contributed by atoms with Crippen LogP contribution in [0, 0.1) is 6.92 Å². The van der Waals surface area contributed by atoms with Gasteiger partial charge in [0.2, 0.25) is 0 Å². The van der Waals surface area contributed by atoms with Gasteiger partial charge in [-0.25, -0.2) is 4.98 Å². The first-order chi connectivity index (χ1) is 13.7. The number of nitrogens with zero attached hydrogens (tertiary/aromatic N) is 1. The number of carbonyl (C=O) groups excluding carboxylic acids is 1. The second-order valence-electron chi connectivity index (χ2n) is 6.84. The maximum Gasteiger partial charge on any atom is 0.263 e. The molecule has 28 heavy (non-hydrogen) atoms. The molecular formula is C23H23N3OS. The monoisotopic (exact) mass is 389 g/mol. The van der Waals surface area contributed by atoms with Crippen molar-refractivity contribution in [2.24, 2.45) is 0 Å². The van der Waals surface area contributed by atoms with Crippen LogP contribution < -0.4 is 5.32 Å². The third-order valence-electron chi connectivity index (χ3n) is 5.01. The number of hydrogen-bond acceptors (Lipinski definition) is 3. The smallest absolute Gasteiger partial charge is 0.263 e. The number of nitrogens with one attached hydrogen (secondary N) is 2. The Bertz CT molecular complexity index is 1100. The van der Waals surface area contributed by atoms with Gasteiger partial charge in [0.25, 0.3) is 5.91 Å². The fourth-order valence-corrected chi connectivity index (χ4v) is 4.48. The van der Waals surface area contributed by atoms with Crippen LogP contribution in [0.25, 0.3) is 10.9 Å². The van der Waals surface area contributed by atoms with Crippen molar-refractivity contribution in [2.75, 3.05) is 6.54 Å². The summed E-state index contributed by atoms with van der Waals surface area (Å²) >= 11 is 1.49. The Morgan fingerprint density at radius 1 is 1.14 bits per heavy atom. The Balaban J connectivity index is 1.63. The van der Waals surface area contributed by atoms with Crippen LogP contribution in [0.15, 0.2) is 60.8 Å². The van der Waals surface area contributed by atoms with E-state index in [9.17, 15) is 4.79 Å². The van der Waals surface area contributed by atoms with E-state index >= 15 is 0 Å². The van der Waals surface area contributed by atoms with E-state index in [2.05, 4.69) is 52.7 Å². The van der Waals surface area contributed by atoms with Gasteiger partial charge < -0.3 is 10.3 Å². The largest absolute Gasteiger partial charge is 0.361 e. The van der Waals surface area contributed by atoms with E-state index in [-0.39, 0.29) is 11.8 Å². The summed E-state index contributed by atoms with van der Waals surface area (Å²) in [4.78, 5) is 21.4. The number of rotatable bonds is 6. The van der Waals surface area contributed by atoms with Crippen LogP contribution in [0.4, 0.5) is 0 Å². The zero-order valence-corrected chi connectivity index (χ0v) is 16.8.